The molecule has 1 aromatic heterocycles. The van der Waals surface area contributed by atoms with Gasteiger partial charge in [-0.3, -0.25) is 14.8 Å². The summed E-state index contributed by atoms with van der Waals surface area (Å²) in [5, 5.41) is 13.4. The Labute approximate surface area is 132 Å². The quantitative estimate of drug-likeness (QED) is 0.842. The number of carboxylic acids is 1. The molecule has 1 aliphatic heterocycles. The van der Waals surface area contributed by atoms with Crippen molar-refractivity contribution >= 4 is 17.4 Å². The molecule has 0 spiro atoms. The van der Waals surface area contributed by atoms with Crippen molar-refractivity contribution in [3.05, 3.63) is 58.3 Å². The van der Waals surface area contributed by atoms with Crippen molar-refractivity contribution in [2.75, 3.05) is 5.43 Å². The molecule has 0 fully saturated rings. The van der Waals surface area contributed by atoms with Crippen LogP contribution in [-0.4, -0.2) is 26.3 Å². The maximum atomic E-state index is 12.2. The molecule has 2 N–H and O–H groups in total. The highest BCUT2D eigenvalue weighted by Gasteiger charge is 2.26. The summed E-state index contributed by atoms with van der Waals surface area (Å²) in [6, 6.07) is 9.45. The van der Waals surface area contributed by atoms with E-state index in [1.807, 2.05) is 37.3 Å². The first-order valence-electron chi connectivity index (χ1n) is 7.30. The number of nitrogens with zero attached hydrogens (tertiary/aromatic N) is 3. The summed E-state index contributed by atoms with van der Waals surface area (Å²) in [6.45, 7) is 2.44. The zero-order chi connectivity index (χ0) is 16.4. The molecule has 2 heterocycles. The van der Waals surface area contributed by atoms with E-state index in [1.54, 1.807) is 0 Å². The first kappa shape index (κ1) is 15.0. The summed E-state index contributed by atoms with van der Waals surface area (Å²) >= 11 is 0. The fraction of sp³-hybridized carbons (Fsp3) is 0.250. The number of hydrogen-bond acceptors (Lipinski definition) is 5. The third-order valence-electron chi connectivity index (χ3n) is 3.84. The molecule has 0 aliphatic carbocycles. The normalized spacial score (nSPS) is 18.5. The van der Waals surface area contributed by atoms with Crippen LogP contribution in [0.3, 0.4) is 0 Å². The lowest BCUT2D eigenvalue weighted by Gasteiger charge is -2.24. The zero-order valence-electron chi connectivity index (χ0n) is 12.6. The van der Waals surface area contributed by atoms with Gasteiger partial charge in [0.25, 0.3) is 5.56 Å². The van der Waals surface area contributed by atoms with E-state index in [1.165, 1.54) is 4.57 Å². The highest BCUT2D eigenvalue weighted by Crippen LogP contribution is 2.19. The van der Waals surface area contributed by atoms with Gasteiger partial charge in [0.05, 0.1) is 5.69 Å². The Bertz CT molecular complexity index is 827. The third kappa shape index (κ3) is 2.85. The Morgan fingerprint density at radius 1 is 1.39 bits per heavy atom. The summed E-state index contributed by atoms with van der Waals surface area (Å²) in [4.78, 5) is 27.5. The topological polar surface area (TPSA) is 96.6 Å². The lowest BCUT2D eigenvalue weighted by atomic mass is 9.97. The van der Waals surface area contributed by atoms with Gasteiger partial charge in [-0.05, 0) is 18.6 Å². The van der Waals surface area contributed by atoms with Crippen LogP contribution in [0, 0.1) is 5.92 Å². The van der Waals surface area contributed by atoms with Crippen molar-refractivity contribution in [1.82, 2.24) is 9.55 Å². The van der Waals surface area contributed by atoms with Crippen LogP contribution in [-0.2, 0) is 6.54 Å². The number of anilines is 1. The minimum atomic E-state index is -1.27. The van der Waals surface area contributed by atoms with Gasteiger partial charge in [-0.15, -0.1) is 0 Å². The second-order valence-electron chi connectivity index (χ2n) is 5.42. The van der Waals surface area contributed by atoms with Crippen LogP contribution in [0.25, 0.3) is 0 Å². The fourth-order valence-corrected chi connectivity index (χ4v) is 2.53. The van der Waals surface area contributed by atoms with E-state index in [4.69, 9.17) is 5.11 Å². The number of carbonyl (C=O) groups is 1. The Balaban J connectivity index is 2.02. The van der Waals surface area contributed by atoms with Crippen molar-refractivity contribution < 1.29 is 9.90 Å². The number of hydrogen-bond donors (Lipinski definition) is 2. The van der Waals surface area contributed by atoms with Gasteiger partial charge < -0.3 is 5.11 Å². The molecule has 0 amide bonds. The van der Waals surface area contributed by atoms with Gasteiger partial charge in [-0.2, -0.15) is 5.10 Å². The number of carboxylic acid groups (broad SMARTS) is 1. The Hall–Kier alpha value is -2.96. The predicted octanol–water partition coefficient (Wildman–Crippen LogP) is 1.80. The summed E-state index contributed by atoms with van der Waals surface area (Å²) in [6.07, 6.45) is 1.81. The predicted molar refractivity (Wildman–Crippen MR) is 85.8 cm³/mol. The molecule has 0 saturated carbocycles. The van der Waals surface area contributed by atoms with Crippen LogP contribution >= 0.6 is 0 Å². The van der Waals surface area contributed by atoms with Crippen LogP contribution in [0.15, 0.2) is 46.4 Å². The highest BCUT2D eigenvalue weighted by atomic mass is 16.4. The van der Waals surface area contributed by atoms with Gasteiger partial charge >= 0.3 is 5.97 Å². The van der Waals surface area contributed by atoms with Gasteiger partial charge in [0, 0.05) is 18.7 Å². The lowest BCUT2D eigenvalue weighted by Crippen LogP contribution is -2.38. The monoisotopic (exact) mass is 312 g/mol. The third-order valence-corrected chi connectivity index (χ3v) is 3.84. The first-order chi connectivity index (χ1) is 11.1. The van der Waals surface area contributed by atoms with Crippen molar-refractivity contribution in [1.29, 1.82) is 0 Å². The number of aromatic carboxylic acids is 1. The molecule has 0 bridgehead atoms. The molecule has 0 saturated heterocycles. The summed E-state index contributed by atoms with van der Waals surface area (Å²) in [7, 11) is 0. The standard InChI is InChI=1S/C16H16N4O3/c1-10-7-8-20-14(17-9-12(15(20)21)16(22)23)13(10)19-18-11-5-3-2-4-6-11/h2-6,9-10,18H,7-8H2,1H3,(H,22,23)/b19-13+. The number of nitrogens with one attached hydrogen (secondary N) is 1. The van der Waals surface area contributed by atoms with Crippen LogP contribution < -0.4 is 11.0 Å². The molecule has 1 aliphatic rings. The van der Waals surface area contributed by atoms with Gasteiger partial charge in [0.2, 0.25) is 0 Å². The maximum absolute atomic E-state index is 12.2. The second-order valence-corrected chi connectivity index (χ2v) is 5.42. The van der Waals surface area contributed by atoms with Crippen LogP contribution in [0.4, 0.5) is 5.69 Å². The second kappa shape index (κ2) is 6.04. The van der Waals surface area contributed by atoms with Crippen molar-refractivity contribution in [3.8, 4) is 0 Å². The number of benzene rings is 1. The number of hydrazone groups is 1. The number of rotatable bonds is 3. The number of para-hydroxylation sites is 1. The molecule has 2 aromatic rings. The van der Waals surface area contributed by atoms with Gasteiger partial charge in [0.15, 0.2) is 5.82 Å². The molecule has 3 rings (SSSR count). The molecule has 7 nitrogen and oxygen atoms in total. The molecule has 118 valence electrons. The number of aromatic nitrogens is 2. The summed E-state index contributed by atoms with van der Waals surface area (Å²) in [5.74, 6) is -0.728. The van der Waals surface area contributed by atoms with Gasteiger partial charge in [0.1, 0.15) is 11.3 Å². The maximum Gasteiger partial charge on any atom is 0.342 e. The molecule has 7 heteroatoms. The Kier molecular flexibility index (Phi) is 3.92. The zero-order valence-corrected chi connectivity index (χ0v) is 12.6. The van der Waals surface area contributed by atoms with E-state index >= 15 is 0 Å². The molecular weight excluding hydrogens is 296 g/mol. The highest BCUT2D eigenvalue weighted by molar-refractivity contribution is 6.00. The van der Waals surface area contributed by atoms with Gasteiger partial charge in [-0.1, -0.05) is 25.1 Å². The average molecular weight is 312 g/mol. The van der Waals surface area contributed by atoms with E-state index in [2.05, 4.69) is 15.5 Å². The minimum Gasteiger partial charge on any atom is -0.477 e. The largest absolute Gasteiger partial charge is 0.477 e. The van der Waals surface area contributed by atoms with E-state index in [0.29, 0.717) is 24.5 Å². The van der Waals surface area contributed by atoms with Gasteiger partial charge in [-0.25, -0.2) is 9.78 Å². The van der Waals surface area contributed by atoms with Crippen molar-refractivity contribution in [3.63, 3.8) is 0 Å². The smallest absolute Gasteiger partial charge is 0.342 e. The average Bonchev–Trinajstić information content (AvgIpc) is 2.55. The van der Waals surface area contributed by atoms with E-state index in [0.717, 1.165) is 11.9 Å². The number of fused-ring (bicyclic) bond motifs is 1. The minimum absolute atomic E-state index is 0.119. The molecule has 1 unspecified atom stereocenters. The summed E-state index contributed by atoms with van der Waals surface area (Å²) in [5.41, 5.74) is 3.57. The van der Waals surface area contributed by atoms with Crippen LogP contribution in [0.5, 0.6) is 0 Å². The van der Waals surface area contributed by atoms with Crippen molar-refractivity contribution in [2.45, 2.75) is 19.9 Å². The Morgan fingerprint density at radius 2 is 2.13 bits per heavy atom. The molecule has 23 heavy (non-hydrogen) atoms. The van der Waals surface area contributed by atoms with E-state index in [-0.39, 0.29) is 11.5 Å². The SMILES string of the molecule is CC1CCn2c(ncc(C(=O)O)c2=O)/C1=N/Nc1ccccc1. The summed E-state index contributed by atoms with van der Waals surface area (Å²) < 4.78 is 1.38. The first-order valence-corrected chi connectivity index (χ1v) is 7.30. The fourth-order valence-electron chi connectivity index (χ4n) is 2.53. The van der Waals surface area contributed by atoms with E-state index in [9.17, 15) is 9.59 Å². The van der Waals surface area contributed by atoms with E-state index < -0.39 is 11.5 Å². The molecule has 1 atom stereocenters. The molecule has 1 aromatic carbocycles. The van der Waals surface area contributed by atoms with Crippen LogP contribution in [0.2, 0.25) is 0 Å². The van der Waals surface area contributed by atoms with Crippen molar-refractivity contribution in [2.24, 2.45) is 11.0 Å². The lowest BCUT2D eigenvalue weighted by molar-refractivity contribution is 0.0693. The molecule has 0 radical (unpaired) electrons. The molecular formula is C16H16N4O3. The van der Waals surface area contributed by atoms with Crippen LogP contribution in [0.1, 0.15) is 29.5 Å². The Morgan fingerprint density at radius 3 is 2.83 bits per heavy atom.